The summed E-state index contributed by atoms with van der Waals surface area (Å²) in [7, 11) is 3.83. The second-order valence-electron chi connectivity index (χ2n) is 11.9. The van der Waals surface area contributed by atoms with Gasteiger partial charge in [0.15, 0.2) is 0 Å². The predicted molar refractivity (Wildman–Crippen MR) is 164 cm³/mol. The number of hydrogen-bond donors (Lipinski definition) is 1. The number of alkyl carbamates (subject to hydrolysis) is 1. The fourth-order valence-electron chi connectivity index (χ4n) is 5.42. The Labute approximate surface area is 249 Å². The number of anilines is 2. The summed E-state index contributed by atoms with van der Waals surface area (Å²) >= 11 is 0. The maximum Gasteiger partial charge on any atom is 0.407 e. The first-order valence-electron chi connectivity index (χ1n) is 14.8. The van der Waals surface area contributed by atoms with Gasteiger partial charge < -0.3 is 34.4 Å². The van der Waals surface area contributed by atoms with E-state index >= 15 is 0 Å². The maximum absolute atomic E-state index is 13.7. The molecule has 0 saturated carbocycles. The molecule has 2 aliphatic heterocycles. The van der Waals surface area contributed by atoms with Gasteiger partial charge in [-0.05, 0) is 64.9 Å². The molecule has 1 saturated heterocycles. The van der Waals surface area contributed by atoms with Crippen molar-refractivity contribution < 1.29 is 23.9 Å². The summed E-state index contributed by atoms with van der Waals surface area (Å²) < 4.78 is 11.0. The molecule has 10 heteroatoms. The van der Waals surface area contributed by atoms with Gasteiger partial charge in [-0.15, -0.1) is 0 Å². The second kappa shape index (κ2) is 13.9. The van der Waals surface area contributed by atoms with Gasteiger partial charge in [-0.2, -0.15) is 0 Å². The van der Waals surface area contributed by atoms with Crippen LogP contribution >= 0.6 is 0 Å². The summed E-state index contributed by atoms with van der Waals surface area (Å²) in [6.45, 7) is 10.5. The normalized spacial score (nSPS) is 15.5. The Kier molecular flexibility index (Phi) is 10.3. The van der Waals surface area contributed by atoms with Gasteiger partial charge in [0.2, 0.25) is 11.8 Å². The second-order valence-corrected chi connectivity index (χ2v) is 11.9. The first-order valence-corrected chi connectivity index (χ1v) is 14.8. The smallest absolute Gasteiger partial charge is 0.407 e. The predicted octanol–water partition coefficient (Wildman–Crippen LogP) is 3.67. The van der Waals surface area contributed by atoms with Gasteiger partial charge >= 0.3 is 6.09 Å². The van der Waals surface area contributed by atoms with E-state index in [9.17, 15) is 14.4 Å². The third-order valence-electron chi connectivity index (χ3n) is 7.66. The lowest BCUT2D eigenvalue weighted by Crippen LogP contribution is -2.47. The van der Waals surface area contributed by atoms with Crippen molar-refractivity contribution in [2.24, 2.45) is 0 Å². The minimum absolute atomic E-state index is 0.0501. The van der Waals surface area contributed by atoms with Crippen molar-refractivity contribution in [2.45, 2.75) is 52.2 Å². The number of amides is 3. The molecule has 228 valence electrons. The van der Waals surface area contributed by atoms with Crippen LogP contribution in [0.4, 0.5) is 16.2 Å². The van der Waals surface area contributed by atoms with Crippen LogP contribution in [0, 0.1) is 0 Å². The van der Waals surface area contributed by atoms with Crippen LogP contribution in [0.5, 0.6) is 5.75 Å². The van der Waals surface area contributed by atoms with Gasteiger partial charge in [-0.3, -0.25) is 9.59 Å². The minimum Gasteiger partial charge on any atom is -0.496 e. The molecule has 10 nitrogen and oxygen atoms in total. The SMILES string of the molecule is COc1ccc(N2CCN(C)CC2)c2c1CCN(C(=O)CN(C(=O)CCCNC(=O)OC(C)(C)C)c1ccccc1)C2. The van der Waals surface area contributed by atoms with Crippen LogP contribution in [0.1, 0.15) is 44.7 Å². The van der Waals surface area contributed by atoms with E-state index in [4.69, 9.17) is 9.47 Å². The number of nitrogens with zero attached hydrogens (tertiary/aromatic N) is 4. The van der Waals surface area contributed by atoms with Crippen molar-refractivity contribution in [3.05, 3.63) is 53.6 Å². The summed E-state index contributed by atoms with van der Waals surface area (Å²) in [5, 5.41) is 2.70. The summed E-state index contributed by atoms with van der Waals surface area (Å²) in [4.78, 5) is 47.2. The number of rotatable bonds is 9. The molecule has 0 spiro atoms. The number of nitrogens with one attached hydrogen (secondary N) is 1. The minimum atomic E-state index is -0.588. The Hall–Kier alpha value is -3.79. The number of piperazine rings is 1. The topological polar surface area (TPSA) is 94.7 Å². The number of carbonyl (C=O) groups excluding carboxylic acids is 3. The summed E-state index contributed by atoms with van der Waals surface area (Å²) in [6.07, 6.45) is 0.802. The number of para-hydroxylation sites is 1. The van der Waals surface area contributed by atoms with Crippen molar-refractivity contribution in [3.63, 3.8) is 0 Å². The zero-order valence-electron chi connectivity index (χ0n) is 25.6. The van der Waals surface area contributed by atoms with Crippen LogP contribution in [0.3, 0.4) is 0 Å². The average Bonchev–Trinajstić information content (AvgIpc) is 2.97. The molecule has 2 heterocycles. The molecule has 0 aliphatic carbocycles. The number of hydrogen-bond acceptors (Lipinski definition) is 7. The van der Waals surface area contributed by atoms with E-state index in [1.807, 2.05) is 41.3 Å². The van der Waals surface area contributed by atoms with Crippen LogP contribution < -0.4 is 19.9 Å². The lowest BCUT2D eigenvalue weighted by molar-refractivity contribution is -0.132. The number of methoxy groups -OCH3 is 1. The van der Waals surface area contributed by atoms with Crippen LogP contribution in [0.25, 0.3) is 0 Å². The first-order chi connectivity index (χ1) is 20.1. The molecule has 1 fully saturated rings. The van der Waals surface area contributed by atoms with Crippen molar-refractivity contribution in [1.29, 1.82) is 0 Å². The molecule has 2 aliphatic rings. The summed E-state index contributed by atoms with van der Waals surface area (Å²) in [5.74, 6) is 0.589. The molecule has 0 unspecified atom stereocenters. The number of benzene rings is 2. The van der Waals surface area contributed by atoms with Crippen molar-refractivity contribution in [3.8, 4) is 5.75 Å². The summed E-state index contributed by atoms with van der Waals surface area (Å²) in [6, 6.07) is 13.4. The molecule has 4 rings (SSSR count). The number of ether oxygens (including phenoxy) is 2. The molecular formula is C32H45N5O5. The third kappa shape index (κ3) is 8.15. The Morgan fingerprint density at radius 3 is 2.33 bits per heavy atom. The molecule has 0 radical (unpaired) electrons. The van der Waals surface area contributed by atoms with Gasteiger partial charge in [0, 0.05) is 74.7 Å². The van der Waals surface area contributed by atoms with E-state index in [2.05, 4.69) is 28.2 Å². The van der Waals surface area contributed by atoms with Crippen LogP contribution in [0.15, 0.2) is 42.5 Å². The highest BCUT2D eigenvalue weighted by atomic mass is 16.6. The molecule has 42 heavy (non-hydrogen) atoms. The quantitative estimate of drug-likeness (QED) is 0.453. The zero-order valence-corrected chi connectivity index (χ0v) is 25.6. The lowest BCUT2D eigenvalue weighted by atomic mass is 9.95. The third-order valence-corrected chi connectivity index (χ3v) is 7.66. The van der Waals surface area contributed by atoms with Crippen molar-refractivity contribution >= 4 is 29.3 Å². The standard InChI is InChI=1S/C32H45N5O5/c1-32(2,3)42-31(40)33-16-9-12-29(38)37(24-10-7-6-8-11-24)23-30(39)36-17-15-25-26(22-36)27(13-14-28(25)41-5)35-20-18-34(4)19-21-35/h6-8,10-11,13-14H,9,12,15-23H2,1-5H3,(H,33,40). The van der Waals surface area contributed by atoms with E-state index in [-0.39, 0.29) is 24.8 Å². The lowest BCUT2D eigenvalue weighted by Gasteiger charge is -2.38. The van der Waals surface area contributed by atoms with Crippen LogP contribution in [-0.2, 0) is 27.3 Å². The molecule has 1 N–H and O–H groups in total. The highest BCUT2D eigenvalue weighted by Crippen LogP contribution is 2.36. The molecule has 0 bridgehead atoms. The highest BCUT2D eigenvalue weighted by Gasteiger charge is 2.30. The first kappa shape index (κ1) is 31.2. The van der Waals surface area contributed by atoms with Crippen LogP contribution in [0.2, 0.25) is 0 Å². The Morgan fingerprint density at radius 2 is 1.67 bits per heavy atom. The number of carbonyl (C=O) groups is 3. The molecular weight excluding hydrogens is 534 g/mol. The molecule has 3 amide bonds. The molecule has 0 aromatic heterocycles. The molecule has 0 atom stereocenters. The maximum atomic E-state index is 13.7. The average molecular weight is 580 g/mol. The largest absolute Gasteiger partial charge is 0.496 e. The Morgan fingerprint density at radius 1 is 0.952 bits per heavy atom. The monoisotopic (exact) mass is 579 g/mol. The van der Waals surface area contributed by atoms with E-state index in [1.54, 1.807) is 32.8 Å². The molecule has 2 aromatic rings. The van der Waals surface area contributed by atoms with E-state index in [0.29, 0.717) is 38.2 Å². The van der Waals surface area contributed by atoms with Gasteiger partial charge in [0.05, 0.1) is 7.11 Å². The van der Waals surface area contributed by atoms with Gasteiger partial charge in [-0.1, -0.05) is 18.2 Å². The van der Waals surface area contributed by atoms with Gasteiger partial charge in [0.25, 0.3) is 0 Å². The zero-order chi connectivity index (χ0) is 30.3. The number of fused-ring (bicyclic) bond motifs is 1. The van der Waals surface area contributed by atoms with E-state index < -0.39 is 11.7 Å². The molecule has 2 aromatic carbocycles. The van der Waals surface area contributed by atoms with Crippen molar-refractivity contribution in [2.75, 3.05) is 69.8 Å². The Balaban J connectivity index is 1.44. The summed E-state index contributed by atoms with van der Waals surface area (Å²) in [5.41, 5.74) is 3.53. The van der Waals surface area contributed by atoms with Gasteiger partial charge in [0.1, 0.15) is 17.9 Å². The number of likely N-dealkylation sites (N-methyl/N-ethyl adjacent to an activating group) is 1. The van der Waals surface area contributed by atoms with Gasteiger partial charge in [-0.25, -0.2) is 4.79 Å². The van der Waals surface area contributed by atoms with E-state index in [1.165, 1.54) is 0 Å². The fraction of sp³-hybridized carbons (Fsp3) is 0.531. The van der Waals surface area contributed by atoms with E-state index in [0.717, 1.165) is 48.7 Å². The fourth-order valence-corrected chi connectivity index (χ4v) is 5.42. The Bertz CT molecular complexity index is 1240. The van der Waals surface area contributed by atoms with Crippen molar-refractivity contribution in [1.82, 2.24) is 15.1 Å². The highest BCUT2D eigenvalue weighted by molar-refractivity contribution is 5.98. The van der Waals surface area contributed by atoms with Crippen LogP contribution in [-0.4, -0.2) is 93.3 Å².